The number of nitrogens with zero attached hydrogens (tertiary/aromatic N) is 2. The molecule has 1 aromatic carbocycles. The molecular weight excluding hydrogens is 230 g/mol. The molecule has 1 heterocycles. The summed E-state index contributed by atoms with van der Waals surface area (Å²) in [6.07, 6.45) is 0. The molecule has 0 saturated heterocycles. The van der Waals surface area contributed by atoms with Gasteiger partial charge >= 0.3 is 0 Å². The molecule has 2 rings (SSSR count). The molecule has 0 aliphatic heterocycles. The largest absolute Gasteiger partial charge is 0.473 e. The SMILES string of the molecule is Bc1cccc(OCc2ccc(C#N)cc2F)n1. The summed E-state index contributed by atoms with van der Waals surface area (Å²) < 4.78 is 19.0. The minimum absolute atomic E-state index is 0.0913. The van der Waals surface area contributed by atoms with Gasteiger partial charge in [0.2, 0.25) is 5.88 Å². The highest BCUT2D eigenvalue weighted by atomic mass is 19.1. The number of rotatable bonds is 3. The van der Waals surface area contributed by atoms with Gasteiger partial charge in [-0.2, -0.15) is 5.26 Å². The van der Waals surface area contributed by atoms with Gasteiger partial charge in [0.05, 0.1) is 11.6 Å². The molecule has 0 bridgehead atoms. The van der Waals surface area contributed by atoms with Crippen molar-refractivity contribution >= 4 is 13.4 Å². The normalized spacial score (nSPS) is 9.78. The lowest BCUT2D eigenvalue weighted by atomic mass is 10.0. The third-order valence-electron chi connectivity index (χ3n) is 2.42. The van der Waals surface area contributed by atoms with E-state index in [-0.39, 0.29) is 6.61 Å². The quantitative estimate of drug-likeness (QED) is 0.749. The van der Waals surface area contributed by atoms with Crippen LogP contribution < -0.4 is 10.3 Å². The molecule has 0 radical (unpaired) electrons. The van der Waals surface area contributed by atoms with Crippen molar-refractivity contribution in [2.45, 2.75) is 6.61 Å². The fraction of sp³-hybridized carbons (Fsp3) is 0.0769. The van der Waals surface area contributed by atoms with Crippen LogP contribution in [0, 0.1) is 17.1 Å². The fourth-order valence-electron chi connectivity index (χ4n) is 1.48. The molecule has 0 saturated carbocycles. The van der Waals surface area contributed by atoms with Crippen LogP contribution in [0.4, 0.5) is 4.39 Å². The van der Waals surface area contributed by atoms with E-state index in [1.807, 2.05) is 26.0 Å². The average Bonchev–Trinajstić information content (AvgIpc) is 2.37. The summed E-state index contributed by atoms with van der Waals surface area (Å²) in [7, 11) is 1.86. The standard InChI is InChI=1S/C13H10BFN2O/c14-12-2-1-3-13(17-12)18-8-10-5-4-9(7-16)6-11(10)15/h1-6H,8,14H2. The molecule has 18 heavy (non-hydrogen) atoms. The Bertz CT molecular complexity index is 610. The zero-order valence-electron chi connectivity index (χ0n) is 9.85. The van der Waals surface area contributed by atoms with E-state index in [0.717, 1.165) is 5.59 Å². The summed E-state index contributed by atoms with van der Waals surface area (Å²) in [5.41, 5.74) is 1.54. The first-order valence-electron chi connectivity index (χ1n) is 5.44. The molecule has 0 aliphatic carbocycles. The Morgan fingerprint density at radius 1 is 1.33 bits per heavy atom. The van der Waals surface area contributed by atoms with E-state index in [2.05, 4.69) is 4.98 Å². The number of nitriles is 1. The second-order valence-corrected chi connectivity index (χ2v) is 3.82. The van der Waals surface area contributed by atoms with Gasteiger partial charge < -0.3 is 4.74 Å². The van der Waals surface area contributed by atoms with Gasteiger partial charge in [-0.15, -0.1) is 0 Å². The summed E-state index contributed by atoms with van der Waals surface area (Å²) in [5, 5.41) is 8.63. The third-order valence-corrected chi connectivity index (χ3v) is 2.42. The Hall–Kier alpha value is -2.35. The van der Waals surface area contributed by atoms with Crippen LogP contribution in [0.1, 0.15) is 11.1 Å². The van der Waals surface area contributed by atoms with E-state index in [0.29, 0.717) is 17.0 Å². The van der Waals surface area contributed by atoms with Crippen molar-refractivity contribution in [2.75, 3.05) is 0 Å². The van der Waals surface area contributed by atoms with Crippen LogP contribution in [0.2, 0.25) is 0 Å². The van der Waals surface area contributed by atoms with Crippen LogP contribution in [-0.4, -0.2) is 12.8 Å². The minimum atomic E-state index is -0.443. The molecule has 0 atom stereocenters. The monoisotopic (exact) mass is 240 g/mol. The molecule has 0 fully saturated rings. The van der Waals surface area contributed by atoms with Gasteiger partial charge in [-0.3, -0.25) is 0 Å². The average molecular weight is 240 g/mol. The second kappa shape index (κ2) is 5.32. The number of pyridine rings is 1. The smallest absolute Gasteiger partial charge is 0.212 e. The molecule has 0 aliphatic rings. The Labute approximate surface area is 105 Å². The highest BCUT2D eigenvalue weighted by Crippen LogP contribution is 2.12. The maximum atomic E-state index is 13.6. The minimum Gasteiger partial charge on any atom is -0.473 e. The van der Waals surface area contributed by atoms with Gasteiger partial charge in [-0.1, -0.05) is 18.2 Å². The Kier molecular flexibility index (Phi) is 3.59. The summed E-state index contributed by atoms with van der Waals surface area (Å²) in [5.74, 6) is 0.0143. The topological polar surface area (TPSA) is 45.9 Å². The molecule has 0 unspecified atom stereocenters. The zero-order valence-corrected chi connectivity index (χ0v) is 9.85. The van der Waals surface area contributed by atoms with Crippen molar-refractivity contribution in [3.63, 3.8) is 0 Å². The van der Waals surface area contributed by atoms with E-state index < -0.39 is 5.82 Å². The van der Waals surface area contributed by atoms with E-state index in [1.54, 1.807) is 18.2 Å². The number of halogens is 1. The third kappa shape index (κ3) is 2.86. The molecule has 0 amide bonds. The van der Waals surface area contributed by atoms with Gasteiger partial charge in [0.1, 0.15) is 12.4 Å². The van der Waals surface area contributed by atoms with Crippen LogP contribution in [0.15, 0.2) is 36.4 Å². The summed E-state index contributed by atoms with van der Waals surface area (Å²) >= 11 is 0. The zero-order chi connectivity index (χ0) is 13.0. The van der Waals surface area contributed by atoms with E-state index >= 15 is 0 Å². The molecule has 3 nitrogen and oxygen atoms in total. The fourth-order valence-corrected chi connectivity index (χ4v) is 1.48. The number of ether oxygens (including phenoxy) is 1. The molecule has 2 aromatic rings. The van der Waals surface area contributed by atoms with E-state index in [4.69, 9.17) is 10.00 Å². The van der Waals surface area contributed by atoms with Crippen LogP contribution in [-0.2, 0) is 6.61 Å². The first-order chi connectivity index (χ1) is 8.69. The Morgan fingerprint density at radius 2 is 2.17 bits per heavy atom. The first kappa shape index (κ1) is 12.1. The van der Waals surface area contributed by atoms with Crippen LogP contribution in [0.5, 0.6) is 5.88 Å². The highest BCUT2D eigenvalue weighted by Gasteiger charge is 2.05. The summed E-state index contributed by atoms with van der Waals surface area (Å²) in [4.78, 5) is 4.15. The van der Waals surface area contributed by atoms with Crippen LogP contribution in [0.3, 0.4) is 0 Å². The molecule has 1 aromatic heterocycles. The van der Waals surface area contributed by atoms with Gasteiger partial charge in [0.15, 0.2) is 7.85 Å². The lowest BCUT2D eigenvalue weighted by Gasteiger charge is -2.07. The second-order valence-electron chi connectivity index (χ2n) is 3.82. The van der Waals surface area contributed by atoms with Crippen LogP contribution in [0.25, 0.3) is 0 Å². The van der Waals surface area contributed by atoms with E-state index in [1.165, 1.54) is 6.07 Å². The van der Waals surface area contributed by atoms with Crippen molar-refractivity contribution in [1.29, 1.82) is 5.26 Å². The number of hydrogen-bond acceptors (Lipinski definition) is 3. The molecule has 5 heteroatoms. The molecule has 0 spiro atoms. The maximum absolute atomic E-state index is 13.6. The lowest BCUT2D eigenvalue weighted by Crippen LogP contribution is -2.09. The Balaban J connectivity index is 2.09. The molecule has 88 valence electrons. The van der Waals surface area contributed by atoms with Crippen molar-refractivity contribution < 1.29 is 9.13 Å². The molecular formula is C13H10BFN2O. The summed E-state index contributed by atoms with van der Waals surface area (Å²) in [6.45, 7) is 0.0913. The van der Waals surface area contributed by atoms with Gasteiger partial charge in [-0.25, -0.2) is 9.37 Å². The number of hydrogen-bond donors (Lipinski definition) is 0. The molecule has 0 N–H and O–H groups in total. The number of aromatic nitrogens is 1. The van der Waals surface area contributed by atoms with Crippen molar-refractivity contribution in [2.24, 2.45) is 0 Å². The summed E-state index contributed by atoms with van der Waals surface area (Å²) in [6, 6.07) is 11.6. The number of benzene rings is 1. The maximum Gasteiger partial charge on any atom is 0.212 e. The van der Waals surface area contributed by atoms with Crippen LogP contribution >= 0.6 is 0 Å². The highest BCUT2D eigenvalue weighted by molar-refractivity contribution is 6.30. The van der Waals surface area contributed by atoms with Crippen molar-refractivity contribution in [1.82, 2.24) is 4.98 Å². The van der Waals surface area contributed by atoms with E-state index in [9.17, 15) is 4.39 Å². The predicted molar refractivity (Wildman–Crippen MR) is 67.9 cm³/mol. The predicted octanol–water partition coefficient (Wildman–Crippen LogP) is 0.930. The Morgan fingerprint density at radius 3 is 2.83 bits per heavy atom. The van der Waals surface area contributed by atoms with Gasteiger partial charge in [0, 0.05) is 11.6 Å². The van der Waals surface area contributed by atoms with Gasteiger partial charge in [0.25, 0.3) is 0 Å². The van der Waals surface area contributed by atoms with Gasteiger partial charge in [-0.05, 0) is 17.7 Å². The lowest BCUT2D eigenvalue weighted by molar-refractivity contribution is 0.289. The first-order valence-corrected chi connectivity index (χ1v) is 5.44. The van der Waals surface area contributed by atoms with Crippen molar-refractivity contribution in [3.05, 3.63) is 53.3 Å². The van der Waals surface area contributed by atoms with Crippen molar-refractivity contribution in [3.8, 4) is 11.9 Å².